The standard InChI is InChI=1S/C17H18N2O4/c1-22-15-8-3-2-6-13(15)9-11-19-16(20)12-23-17(21)14-7-4-5-10-18-14/h2-8,10H,9,11-12H2,1H3,(H,19,20). The van der Waals surface area contributed by atoms with Crippen molar-refractivity contribution in [3.63, 3.8) is 0 Å². The molecule has 2 rings (SSSR count). The smallest absolute Gasteiger partial charge is 0.357 e. The maximum Gasteiger partial charge on any atom is 0.357 e. The number of nitrogens with zero attached hydrogens (tertiary/aromatic N) is 1. The highest BCUT2D eigenvalue weighted by Gasteiger charge is 2.10. The normalized spacial score (nSPS) is 9.96. The zero-order valence-electron chi connectivity index (χ0n) is 12.8. The highest BCUT2D eigenvalue weighted by Crippen LogP contribution is 2.17. The van der Waals surface area contributed by atoms with Crippen LogP contribution in [0.25, 0.3) is 0 Å². The Morgan fingerprint density at radius 3 is 2.65 bits per heavy atom. The first-order chi connectivity index (χ1) is 11.2. The molecule has 0 unspecified atom stereocenters. The predicted molar refractivity (Wildman–Crippen MR) is 84.2 cm³/mol. The van der Waals surface area contributed by atoms with Crippen molar-refractivity contribution in [2.75, 3.05) is 20.3 Å². The van der Waals surface area contributed by atoms with E-state index < -0.39 is 5.97 Å². The van der Waals surface area contributed by atoms with Gasteiger partial charge < -0.3 is 14.8 Å². The van der Waals surface area contributed by atoms with Gasteiger partial charge in [-0.1, -0.05) is 24.3 Å². The van der Waals surface area contributed by atoms with E-state index >= 15 is 0 Å². The Kier molecular flexibility index (Phi) is 6.11. The minimum Gasteiger partial charge on any atom is -0.496 e. The summed E-state index contributed by atoms with van der Waals surface area (Å²) >= 11 is 0. The first-order valence-electron chi connectivity index (χ1n) is 7.17. The number of nitrogens with one attached hydrogen (secondary N) is 1. The van der Waals surface area contributed by atoms with Crippen LogP contribution in [0.3, 0.4) is 0 Å². The van der Waals surface area contributed by atoms with Crippen molar-refractivity contribution in [3.05, 3.63) is 59.9 Å². The third kappa shape index (κ3) is 5.10. The molecule has 0 aliphatic heterocycles. The molecule has 1 amide bonds. The number of carbonyl (C=O) groups excluding carboxylic acids is 2. The third-order valence-electron chi connectivity index (χ3n) is 3.12. The van der Waals surface area contributed by atoms with Crippen LogP contribution in [0, 0.1) is 0 Å². The Balaban J connectivity index is 1.72. The molecule has 23 heavy (non-hydrogen) atoms. The third-order valence-corrected chi connectivity index (χ3v) is 3.12. The van der Waals surface area contributed by atoms with Gasteiger partial charge in [0.1, 0.15) is 11.4 Å². The second-order valence-corrected chi connectivity index (χ2v) is 4.70. The number of carbonyl (C=O) groups is 2. The van der Waals surface area contributed by atoms with Gasteiger partial charge in [0, 0.05) is 12.7 Å². The highest BCUT2D eigenvalue weighted by atomic mass is 16.5. The lowest BCUT2D eigenvalue weighted by Gasteiger charge is -2.09. The molecule has 0 aliphatic rings. The van der Waals surface area contributed by atoms with Crippen LogP contribution in [-0.2, 0) is 16.0 Å². The van der Waals surface area contributed by atoms with Crippen LogP contribution in [-0.4, -0.2) is 37.1 Å². The van der Waals surface area contributed by atoms with Crippen LogP contribution in [0.2, 0.25) is 0 Å². The van der Waals surface area contributed by atoms with Crippen molar-refractivity contribution >= 4 is 11.9 Å². The largest absolute Gasteiger partial charge is 0.496 e. The molecule has 0 bridgehead atoms. The Labute approximate surface area is 134 Å². The molecule has 6 heteroatoms. The van der Waals surface area contributed by atoms with Gasteiger partial charge in [0.05, 0.1) is 7.11 Å². The maximum atomic E-state index is 11.7. The molecule has 1 heterocycles. The Morgan fingerprint density at radius 1 is 1.13 bits per heavy atom. The van der Waals surface area contributed by atoms with Crippen molar-refractivity contribution in [1.82, 2.24) is 10.3 Å². The van der Waals surface area contributed by atoms with E-state index in [-0.39, 0.29) is 18.2 Å². The van der Waals surface area contributed by atoms with Crippen LogP contribution >= 0.6 is 0 Å². The average Bonchev–Trinajstić information content (AvgIpc) is 2.61. The van der Waals surface area contributed by atoms with E-state index in [9.17, 15) is 9.59 Å². The summed E-state index contributed by atoms with van der Waals surface area (Å²) in [4.78, 5) is 27.2. The number of amides is 1. The second-order valence-electron chi connectivity index (χ2n) is 4.70. The van der Waals surface area contributed by atoms with E-state index in [1.54, 1.807) is 19.2 Å². The van der Waals surface area contributed by atoms with Crippen LogP contribution < -0.4 is 10.1 Å². The number of para-hydroxylation sites is 1. The maximum absolute atomic E-state index is 11.7. The molecule has 1 N–H and O–H groups in total. The topological polar surface area (TPSA) is 77.5 Å². The molecule has 0 atom stereocenters. The minimum atomic E-state index is -0.620. The number of hydrogen-bond donors (Lipinski definition) is 1. The Bertz CT molecular complexity index is 659. The summed E-state index contributed by atoms with van der Waals surface area (Å²) < 4.78 is 10.1. The minimum absolute atomic E-state index is 0.175. The van der Waals surface area contributed by atoms with Gasteiger partial charge in [-0.2, -0.15) is 0 Å². The highest BCUT2D eigenvalue weighted by molar-refractivity contribution is 5.89. The summed E-state index contributed by atoms with van der Waals surface area (Å²) in [5.41, 5.74) is 1.18. The summed E-state index contributed by atoms with van der Waals surface area (Å²) in [6.07, 6.45) is 2.12. The molecule has 0 aliphatic carbocycles. The zero-order chi connectivity index (χ0) is 16.5. The van der Waals surface area contributed by atoms with Crippen molar-refractivity contribution < 1.29 is 19.1 Å². The van der Waals surface area contributed by atoms with Crippen molar-refractivity contribution in [3.8, 4) is 5.75 Å². The summed E-state index contributed by atoms with van der Waals surface area (Å²) in [5, 5.41) is 2.70. The van der Waals surface area contributed by atoms with Gasteiger partial charge in [-0.05, 0) is 30.2 Å². The predicted octanol–water partition coefficient (Wildman–Crippen LogP) is 1.61. The van der Waals surface area contributed by atoms with E-state index in [2.05, 4.69) is 10.3 Å². The fourth-order valence-corrected chi connectivity index (χ4v) is 1.99. The van der Waals surface area contributed by atoms with Gasteiger partial charge in [0.2, 0.25) is 0 Å². The Hall–Kier alpha value is -2.89. The van der Waals surface area contributed by atoms with E-state index in [0.29, 0.717) is 13.0 Å². The number of methoxy groups -OCH3 is 1. The van der Waals surface area contributed by atoms with Gasteiger partial charge in [-0.3, -0.25) is 4.79 Å². The SMILES string of the molecule is COc1ccccc1CCNC(=O)COC(=O)c1ccccn1. The van der Waals surface area contributed by atoms with Gasteiger partial charge in [0.25, 0.3) is 5.91 Å². The van der Waals surface area contributed by atoms with Crippen LogP contribution in [0.15, 0.2) is 48.7 Å². The van der Waals surface area contributed by atoms with Gasteiger partial charge in [-0.15, -0.1) is 0 Å². The second kappa shape index (κ2) is 8.53. The van der Waals surface area contributed by atoms with Crippen LogP contribution in [0.5, 0.6) is 5.75 Å². The lowest BCUT2D eigenvalue weighted by molar-refractivity contribution is -0.124. The molecule has 1 aromatic carbocycles. The van der Waals surface area contributed by atoms with Crippen molar-refractivity contribution in [1.29, 1.82) is 0 Å². The molecule has 2 aromatic rings. The summed E-state index contributed by atoms with van der Waals surface area (Å²) in [5.74, 6) is -0.196. The first kappa shape index (κ1) is 16.5. The number of aromatic nitrogens is 1. The van der Waals surface area contributed by atoms with Gasteiger partial charge in [-0.25, -0.2) is 9.78 Å². The van der Waals surface area contributed by atoms with E-state index in [1.807, 2.05) is 24.3 Å². The molecule has 0 radical (unpaired) electrons. The molecular formula is C17H18N2O4. The summed E-state index contributed by atoms with van der Waals surface area (Å²) in [6, 6.07) is 12.5. The number of ether oxygens (including phenoxy) is 2. The van der Waals surface area contributed by atoms with Gasteiger partial charge >= 0.3 is 5.97 Å². The first-order valence-corrected chi connectivity index (χ1v) is 7.17. The van der Waals surface area contributed by atoms with Crippen LogP contribution in [0.4, 0.5) is 0 Å². The van der Waals surface area contributed by atoms with E-state index in [1.165, 1.54) is 12.3 Å². The summed E-state index contributed by atoms with van der Waals surface area (Å²) in [7, 11) is 1.61. The van der Waals surface area contributed by atoms with Crippen molar-refractivity contribution in [2.45, 2.75) is 6.42 Å². The molecule has 0 saturated heterocycles. The average molecular weight is 314 g/mol. The number of rotatable bonds is 7. The number of esters is 1. The molecule has 0 saturated carbocycles. The number of benzene rings is 1. The number of pyridine rings is 1. The number of hydrogen-bond acceptors (Lipinski definition) is 5. The Morgan fingerprint density at radius 2 is 1.91 bits per heavy atom. The lowest BCUT2D eigenvalue weighted by atomic mass is 10.1. The fraction of sp³-hybridized carbons (Fsp3) is 0.235. The molecule has 1 aromatic heterocycles. The monoisotopic (exact) mass is 314 g/mol. The summed E-state index contributed by atoms with van der Waals surface area (Å²) in [6.45, 7) is 0.0989. The van der Waals surface area contributed by atoms with Gasteiger partial charge in [0.15, 0.2) is 6.61 Å². The van der Waals surface area contributed by atoms with E-state index in [4.69, 9.17) is 9.47 Å². The molecule has 0 fully saturated rings. The molecular weight excluding hydrogens is 296 g/mol. The molecule has 6 nitrogen and oxygen atoms in total. The quantitative estimate of drug-likeness (QED) is 0.786. The van der Waals surface area contributed by atoms with Crippen molar-refractivity contribution in [2.24, 2.45) is 0 Å². The van der Waals surface area contributed by atoms with E-state index in [0.717, 1.165) is 11.3 Å². The van der Waals surface area contributed by atoms with Crippen LogP contribution in [0.1, 0.15) is 16.1 Å². The lowest BCUT2D eigenvalue weighted by Crippen LogP contribution is -2.30. The molecule has 0 spiro atoms. The zero-order valence-corrected chi connectivity index (χ0v) is 12.8. The fourth-order valence-electron chi connectivity index (χ4n) is 1.99. The molecule has 120 valence electrons.